The lowest BCUT2D eigenvalue weighted by Crippen LogP contribution is -2.23. The van der Waals surface area contributed by atoms with E-state index in [1.807, 2.05) is 0 Å². The third-order valence-electron chi connectivity index (χ3n) is 2.82. The smallest absolute Gasteiger partial charge is 0.369 e. The number of hydrogen-bond donors (Lipinski definition) is 1. The van der Waals surface area contributed by atoms with E-state index in [2.05, 4.69) is 4.98 Å². The zero-order chi connectivity index (χ0) is 14.8. The summed E-state index contributed by atoms with van der Waals surface area (Å²) in [6.07, 6.45) is -3.46. The molecule has 104 valence electrons. The Bertz CT molecular complexity index is 611. The maximum Gasteiger partial charge on any atom is 0.416 e. The quantitative estimate of drug-likeness (QED) is 0.939. The summed E-state index contributed by atoms with van der Waals surface area (Å²) in [6.45, 7) is 0. The molecule has 1 unspecified atom stereocenters. The molecule has 0 aliphatic heterocycles. The highest BCUT2D eigenvalue weighted by atomic mass is 19.4. The first-order valence-corrected chi connectivity index (χ1v) is 5.77. The van der Waals surface area contributed by atoms with Gasteiger partial charge in [-0.15, -0.1) is 0 Å². The lowest BCUT2D eigenvalue weighted by Gasteiger charge is -2.15. The molecule has 20 heavy (non-hydrogen) atoms. The van der Waals surface area contributed by atoms with Crippen molar-refractivity contribution in [2.24, 2.45) is 5.73 Å². The van der Waals surface area contributed by atoms with Crippen molar-refractivity contribution >= 4 is 5.91 Å². The van der Waals surface area contributed by atoms with Crippen molar-refractivity contribution < 1.29 is 18.0 Å². The predicted octanol–water partition coefficient (Wildman–Crippen LogP) is 2.72. The molecule has 2 rings (SSSR count). The number of hydrogen-bond acceptors (Lipinski definition) is 2. The molecule has 0 radical (unpaired) electrons. The molecule has 0 aliphatic rings. The van der Waals surface area contributed by atoms with Gasteiger partial charge in [-0.3, -0.25) is 9.78 Å². The fourth-order valence-corrected chi connectivity index (χ4v) is 1.91. The molecule has 1 atom stereocenters. The number of carbonyl (C=O) groups excluding carboxylic acids is 1. The van der Waals surface area contributed by atoms with E-state index in [0.29, 0.717) is 5.56 Å². The number of carbonyl (C=O) groups is 1. The molecule has 2 N–H and O–H groups in total. The Morgan fingerprint density at radius 1 is 1.15 bits per heavy atom. The fourth-order valence-electron chi connectivity index (χ4n) is 1.91. The van der Waals surface area contributed by atoms with Crippen molar-refractivity contribution in [2.45, 2.75) is 12.1 Å². The molecule has 1 aromatic carbocycles. The molecule has 1 amide bonds. The van der Waals surface area contributed by atoms with Crippen molar-refractivity contribution in [3.05, 3.63) is 65.5 Å². The molecule has 0 spiro atoms. The highest BCUT2D eigenvalue weighted by Gasteiger charge is 2.32. The zero-order valence-corrected chi connectivity index (χ0v) is 10.3. The van der Waals surface area contributed by atoms with Gasteiger partial charge in [-0.1, -0.05) is 30.3 Å². The second-order valence-corrected chi connectivity index (χ2v) is 4.21. The van der Waals surface area contributed by atoms with Crippen molar-refractivity contribution in [2.75, 3.05) is 0 Å². The van der Waals surface area contributed by atoms with E-state index >= 15 is 0 Å². The Hall–Kier alpha value is -2.37. The predicted molar refractivity (Wildman–Crippen MR) is 66.7 cm³/mol. The van der Waals surface area contributed by atoms with E-state index < -0.39 is 23.6 Å². The van der Waals surface area contributed by atoms with Crippen LogP contribution >= 0.6 is 0 Å². The minimum Gasteiger partial charge on any atom is -0.369 e. The van der Waals surface area contributed by atoms with Gasteiger partial charge in [0.15, 0.2) is 0 Å². The van der Waals surface area contributed by atoms with Crippen LogP contribution in [-0.4, -0.2) is 10.9 Å². The number of rotatable bonds is 3. The minimum atomic E-state index is -4.49. The second kappa shape index (κ2) is 5.32. The van der Waals surface area contributed by atoms with Crippen molar-refractivity contribution in [1.82, 2.24) is 4.98 Å². The maximum atomic E-state index is 12.7. The van der Waals surface area contributed by atoms with Gasteiger partial charge < -0.3 is 5.73 Å². The van der Waals surface area contributed by atoms with Crippen LogP contribution < -0.4 is 5.73 Å². The van der Waals surface area contributed by atoms with Gasteiger partial charge in [0, 0.05) is 6.20 Å². The highest BCUT2D eigenvalue weighted by Crippen LogP contribution is 2.31. The number of pyridine rings is 1. The number of amides is 1. The van der Waals surface area contributed by atoms with Gasteiger partial charge in [0.05, 0.1) is 11.3 Å². The molecule has 0 aliphatic carbocycles. The monoisotopic (exact) mass is 280 g/mol. The summed E-state index contributed by atoms with van der Waals surface area (Å²) in [5, 5.41) is 0. The molecule has 1 aromatic heterocycles. The number of benzene rings is 1. The van der Waals surface area contributed by atoms with Gasteiger partial charge in [0.25, 0.3) is 0 Å². The normalized spacial score (nSPS) is 12.9. The molecule has 0 fully saturated rings. The van der Waals surface area contributed by atoms with Crippen molar-refractivity contribution in [1.29, 1.82) is 0 Å². The first-order chi connectivity index (χ1) is 9.39. The number of halogens is 3. The van der Waals surface area contributed by atoms with Gasteiger partial charge in [0.2, 0.25) is 5.91 Å². The third kappa shape index (κ3) is 2.96. The number of nitrogens with zero attached hydrogens (tertiary/aromatic N) is 1. The van der Waals surface area contributed by atoms with Crippen LogP contribution in [0.25, 0.3) is 0 Å². The summed E-state index contributed by atoms with van der Waals surface area (Å²) in [5.74, 6) is -1.75. The van der Waals surface area contributed by atoms with E-state index in [1.165, 1.54) is 0 Å². The van der Waals surface area contributed by atoms with Crippen LogP contribution in [0.1, 0.15) is 22.7 Å². The summed E-state index contributed by atoms with van der Waals surface area (Å²) in [4.78, 5) is 15.4. The number of alkyl halides is 3. The summed E-state index contributed by atoms with van der Waals surface area (Å²) in [7, 11) is 0. The number of aromatic nitrogens is 1. The van der Waals surface area contributed by atoms with Crippen molar-refractivity contribution in [3.63, 3.8) is 0 Å². The van der Waals surface area contributed by atoms with Crippen LogP contribution in [0.4, 0.5) is 13.2 Å². The molecule has 2 aromatic rings. The van der Waals surface area contributed by atoms with Crippen LogP contribution in [0, 0.1) is 0 Å². The van der Waals surface area contributed by atoms with Gasteiger partial charge in [-0.25, -0.2) is 0 Å². The molecular weight excluding hydrogens is 269 g/mol. The van der Waals surface area contributed by atoms with Gasteiger partial charge in [0.1, 0.15) is 5.92 Å². The van der Waals surface area contributed by atoms with Crippen molar-refractivity contribution in [3.8, 4) is 0 Å². The summed E-state index contributed by atoms with van der Waals surface area (Å²) in [5.41, 5.74) is 4.93. The Morgan fingerprint density at radius 2 is 1.80 bits per heavy atom. The third-order valence-corrected chi connectivity index (χ3v) is 2.82. The molecular formula is C14H11F3N2O. The van der Waals surface area contributed by atoms with Crippen LogP contribution in [0.15, 0.2) is 48.7 Å². The highest BCUT2D eigenvalue weighted by molar-refractivity contribution is 5.85. The largest absolute Gasteiger partial charge is 0.416 e. The summed E-state index contributed by atoms with van der Waals surface area (Å²) in [6, 6.07) is 10.0. The standard InChI is InChI=1S/C14H11F3N2O/c15-14(16,17)10-6-7-19-11(8-10)12(13(18)20)9-4-2-1-3-5-9/h1-8,12H,(H2,18,20). The van der Waals surface area contributed by atoms with Gasteiger partial charge in [-0.2, -0.15) is 13.2 Å². The minimum absolute atomic E-state index is 0.0153. The SMILES string of the molecule is NC(=O)C(c1ccccc1)c1cc(C(F)(F)F)ccn1. The average molecular weight is 280 g/mol. The van der Waals surface area contributed by atoms with Gasteiger partial charge >= 0.3 is 6.18 Å². The summed E-state index contributed by atoms with van der Waals surface area (Å²) >= 11 is 0. The Balaban J connectivity index is 2.49. The second-order valence-electron chi connectivity index (χ2n) is 4.21. The van der Waals surface area contributed by atoms with Crippen LogP contribution in [-0.2, 0) is 11.0 Å². The summed E-state index contributed by atoms with van der Waals surface area (Å²) < 4.78 is 38.1. The Labute approximate surface area is 113 Å². The number of primary amides is 1. The number of nitrogens with two attached hydrogens (primary N) is 1. The topological polar surface area (TPSA) is 56.0 Å². The molecule has 0 saturated heterocycles. The molecule has 0 bridgehead atoms. The Morgan fingerprint density at radius 3 is 2.35 bits per heavy atom. The lowest BCUT2D eigenvalue weighted by molar-refractivity contribution is -0.137. The van der Waals surface area contributed by atoms with Crippen LogP contribution in [0.2, 0.25) is 0 Å². The lowest BCUT2D eigenvalue weighted by atomic mass is 9.94. The van der Waals surface area contributed by atoms with E-state index in [9.17, 15) is 18.0 Å². The molecule has 6 heteroatoms. The van der Waals surface area contributed by atoms with E-state index in [1.54, 1.807) is 30.3 Å². The van der Waals surface area contributed by atoms with Gasteiger partial charge in [-0.05, 0) is 17.7 Å². The fraction of sp³-hybridized carbons (Fsp3) is 0.143. The first kappa shape index (κ1) is 14.0. The van der Waals surface area contributed by atoms with Crippen LogP contribution in [0.3, 0.4) is 0 Å². The first-order valence-electron chi connectivity index (χ1n) is 5.77. The molecule has 3 nitrogen and oxygen atoms in total. The Kier molecular flexibility index (Phi) is 3.74. The van der Waals surface area contributed by atoms with E-state index in [0.717, 1.165) is 18.3 Å². The van der Waals surface area contributed by atoms with E-state index in [4.69, 9.17) is 5.73 Å². The average Bonchev–Trinajstić information content (AvgIpc) is 2.39. The maximum absolute atomic E-state index is 12.7. The molecule has 1 heterocycles. The molecule has 0 saturated carbocycles. The van der Waals surface area contributed by atoms with Crippen LogP contribution in [0.5, 0.6) is 0 Å². The zero-order valence-electron chi connectivity index (χ0n) is 10.3. The van der Waals surface area contributed by atoms with E-state index in [-0.39, 0.29) is 5.69 Å².